The molecule has 30 heavy (non-hydrogen) atoms. The summed E-state index contributed by atoms with van der Waals surface area (Å²) in [5, 5.41) is 3.77. The Balaban J connectivity index is 1.34. The Hall–Kier alpha value is -3.10. The van der Waals surface area contributed by atoms with Gasteiger partial charge in [0.2, 0.25) is 0 Å². The Morgan fingerprint density at radius 2 is 1.87 bits per heavy atom. The highest BCUT2D eigenvalue weighted by molar-refractivity contribution is 5.47. The molecule has 0 radical (unpaired) electrons. The minimum atomic E-state index is 0.134. The fraction of sp³-hybridized carbons (Fsp3) is 0.360. The van der Waals surface area contributed by atoms with E-state index >= 15 is 0 Å². The summed E-state index contributed by atoms with van der Waals surface area (Å²) in [6.45, 7) is 15.4. The van der Waals surface area contributed by atoms with Crippen molar-refractivity contribution in [2.45, 2.75) is 45.3 Å². The highest BCUT2D eigenvalue weighted by atomic mass is 15.2. The maximum Gasteiger partial charge on any atom is 0.187 e. The zero-order valence-electron chi connectivity index (χ0n) is 17.8. The van der Waals surface area contributed by atoms with Gasteiger partial charge in [-0.15, -0.1) is 0 Å². The number of piperidine rings is 1. The van der Waals surface area contributed by atoms with Gasteiger partial charge < -0.3 is 9.88 Å². The molecule has 0 spiro atoms. The maximum absolute atomic E-state index is 7.09. The van der Waals surface area contributed by atoms with Crippen LogP contribution in [0.5, 0.6) is 0 Å². The fourth-order valence-electron chi connectivity index (χ4n) is 4.12. The lowest BCUT2D eigenvalue weighted by Crippen LogP contribution is -2.47. The predicted octanol–water partition coefficient (Wildman–Crippen LogP) is 5.26. The number of likely N-dealkylation sites (tertiary alicyclic amines) is 1. The molecule has 0 aliphatic carbocycles. The molecular formula is C25H29N5. The summed E-state index contributed by atoms with van der Waals surface area (Å²) in [4.78, 5) is 10.4. The molecular weight excluding hydrogens is 370 g/mol. The number of anilines is 1. The molecule has 2 aromatic carbocycles. The molecule has 154 valence electrons. The van der Waals surface area contributed by atoms with E-state index in [-0.39, 0.29) is 5.54 Å². The normalized spacial score (nSPS) is 16.2. The van der Waals surface area contributed by atoms with Gasteiger partial charge in [-0.1, -0.05) is 36.4 Å². The maximum atomic E-state index is 7.09. The Bertz CT molecular complexity index is 1020. The average Bonchev–Trinajstić information content (AvgIpc) is 3.17. The van der Waals surface area contributed by atoms with Gasteiger partial charge >= 0.3 is 0 Å². The quantitative estimate of drug-likeness (QED) is 0.575. The van der Waals surface area contributed by atoms with Crippen LogP contribution in [-0.4, -0.2) is 33.1 Å². The minimum Gasteiger partial charge on any atom is -0.380 e. The highest BCUT2D eigenvalue weighted by Crippen LogP contribution is 2.28. The number of benzene rings is 2. The lowest BCUT2D eigenvalue weighted by molar-refractivity contribution is 0.172. The molecule has 4 rings (SSSR count). The summed E-state index contributed by atoms with van der Waals surface area (Å²) in [6.07, 6.45) is 6.12. The number of aryl methyl sites for hydroxylation is 1. The summed E-state index contributed by atoms with van der Waals surface area (Å²) in [7, 11) is 0. The van der Waals surface area contributed by atoms with Crippen molar-refractivity contribution in [2.24, 2.45) is 0 Å². The van der Waals surface area contributed by atoms with Crippen molar-refractivity contribution in [3.05, 3.63) is 89.3 Å². The van der Waals surface area contributed by atoms with Gasteiger partial charge in [0.05, 0.1) is 18.6 Å². The minimum absolute atomic E-state index is 0.134. The van der Waals surface area contributed by atoms with E-state index in [1.54, 1.807) is 0 Å². The topological polar surface area (TPSA) is 37.5 Å². The van der Waals surface area contributed by atoms with Crippen LogP contribution < -0.4 is 5.32 Å². The Morgan fingerprint density at radius 3 is 2.57 bits per heavy atom. The zero-order chi connectivity index (χ0) is 21.0. The number of aromatic nitrogens is 2. The van der Waals surface area contributed by atoms with Crippen LogP contribution in [0.25, 0.3) is 4.85 Å². The number of nitrogens with zero attached hydrogens (tertiary/aromatic N) is 4. The molecule has 1 fully saturated rings. The third-order valence-electron chi connectivity index (χ3n) is 6.03. The van der Waals surface area contributed by atoms with Crippen molar-refractivity contribution in [2.75, 3.05) is 18.4 Å². The zero-order valence-corrected chi connectivity index (χ0v) is 17.8. The standard InChI is InChI=1S/C25H29N5/c1-20-5-4-6-23(15-20)28-25(2)11-13-29(14-12-25)18-24-16-27-19-30(24)17-21-7-9-22(26-3)10-8-21/h4-10,15-16,19,28H,11-14,17-18H2,1-2H3. The third kappa shape index (κ3) is 4.90. The first-order valence-electron chi connectivity index (χ1n) is 10.6. The Morgan fingerprint density at radius 1 is 1.10 bits per heavy atom. The smallest absolute Gasteiger partial charge is 0.187 e. The predicted molar refractivity (Wildman–Crippen MR) is 122 cm³/mol. The molecule has 0 saturated carbocycles. The van der Waals surface area contributed by atoms with Crippen LogP contribution in [0.2, 0.25) is 0 Å². The van der Waals surface area contributed by atoms with Crippen LogP contribution in [-0.2, 0) is 13.1 Å². The summed E-state index contributed by atoms with van der Waals surface area (Å²) in [5.74, 6) is 0. The number of hydrogen-bond acceptors (Lipinski definition) is 3. The lowest BCUT2D eigenvalue weighted by Gasteiger charge is -2.40. The van der Waals surface area contributed by atoms with Crippen molar-refractivity contribution in [3.8, 4) is 0 Å². The Labute approximate surface area is 179 Å². The van der Waals surface area contributed by atoms with Gasteiger partial charge in [0, 0.05) is 43.6 Å². The summed E-state index contributed by atoms with van der Waals surface area (Å²) in [6, 6.07) is 16.5. The van der Waals surface area contributed by atoms with E-state index in [4.69, 9.17) is 6.57 Å². The first kappa shape index (κ1) is 20.2. The van der Waals surface area contributed by atoms with Gasteiger partial charge in [0.15, 0.2) is 5.69 Å². The number of rotatable bonds is 6. The Kier molecular flexibility index (Phi) is 5.87. The lowest BCUT2D eigenvalue weighted by atomic mass is 9.89. The van der Waals surface area contributed by atoms with Crippen LogP contribution in [0.1, 0.15) is 36.6 Å². The van der Waals surface area contributed by atoms with Gasteiger partial charge in [0.25, 0.3) is 0 Å². The van der Waals surface area contributed by atoms with Gasteiger partial charge in [-0.2, -0.15) is 0 Å². The van der Waals surface area contributed by atoms with E-state index in [2.05, 4.69) is 62.7 Å². The summed E-state index contributed by atoms with van der Waals surface area (Å²) in [5.41, 5.74) is 5.75. The molecule has 5 nitrogen and oxygen atoms in total. The van der Waals surface area contributed by atoms with E-state index in [0.717, 1.165) is 39.0 Å². The van der Waals surface area contributed by atoms with Crippen LogP contribution >= 0.6 is 0 Å². The van der Waals surface area contributed by atoms with Crippen molar-refractivity contribution in [3.63, 3.8) is 0 Å². The molecule has 1 aromatic heterocycles. The van der Waals surface area contributed by atoms with E-state index in [1.807, 2.05) is 36.8 Å². The van der Waals surface area contributed by atoms with Gasteiger partial charge in [-0.25, -0.2) is 9.83 Å². The van der Waals surface area contributed by atoms with Gasteiger partial charge in [-0.3, -0.25) is 4.90 Å². The van der Waals surface area contributed by atoms with Crippen LogP contribution in [0, 0.1) is 13.5 Å². The third-order valence-corrected chi connectivity index (χ3v) is 6.03. The molecule has 1 saturated heterocycles. The number of nitrogens with one attached hydrogen (secondary N) is 1. The van der Waals surface area contributed by atoms with E-state index < -0.39 is 0 Å². The van der Waals surface area contributed by atoms with E-state index in [1.165, 1.54) is 22.5 Å². The highest BCUT2D eigenvalue weighted by Gasteiger charge is 2.30. The van der Waals surface area contributed by atoms with E-state index in [9.17, 15) is 0 Å². The monoisotopic (exact) mass is 399 g/mol. The molecule has 1 N–H and O–H groups in total. The largest absolute Gasteiger partial charge is 0.380 e. The first-order valence-corrected chi connectivity index (χ1v) is 10.6. The van der Waals surface area contributed by atoms with Crippen molar-refractivity contribution in [1.29, 1.82) is 0 Å². The number of imidazole rings is 1. The fourth-order valence-corrected chi connectivity index (χ4v) is 4.12. The average molecular weight is 400 g/mol. The van der Waals surface area contributed by atoms with Crippen LogP contribution in [0.4, 0.5) is 11.4 Å². The number of hydrogen-bond donors (Lipinski definition) is 1. The molecule has 5 heteroatoms. The molecule has 3 aromatic rings. The van der Waals surface area contributed by atoms with Crippen LogP contribution in [0.3, 0.4) is 0 Å². The summed E-state index contributed by atoms with van der Waals surface area (Å²) >= 11 is 0. The first-order chi connectivity index (χ1) is 14.5. The van der Waals surface area contributed by atoms with Crippen molar-refractivity contribution in [1.82, 2.24) is 14.5 Å². The molecule has 1 aliphatic heterocycles. The molecule has 0 amide bonds. The van der Waals surface area contributed by atoms with Crippen LogP contribution in [0.15, 0.2) is 61.1 Å². The second-order valence-electron chi connectivity index (χ2n) is 8.62. The summed E-state index contributed by atoms with van der Waals surface area (Å²) < 4.78 is 2.21. The molecule has 0 bridgehead atoms. The van der Waals surface area contributed by atoms with Crippen molar-refractivity contribution >= 4 is 11.4 Å². The van der Waals surface area contributed by atoms with Gasteiger partial charge in [0.1, 0.15) is 0 Å². The molecule has 2 heterocycles. The second kappa shape index (κ2) is 8.73. The molecule has 1 aliphatic rings. The van der Waals surface area contributed by atoms with Crippen molar-refractivity contribution < 1.29 is 0 Å². The van der Waals surface area contributed by atoms with Gasteiger partial charge in [-0.05, 0) is 49.9 Å². The second-order valence-corrected chi connectivity index (χ2v) is 8.62. The SMILES string of the molecule is [C-]#[N+]c1ccc(Cn2cncc2CN2CCC(C)(Nc3cccc(C)c3)CC2)cc1. The van der Waals surface area contributed by atoms with E-state index in [0.29, 0.717) is 5.69 Å². The molecule has 0 atom stereocenters. The molecule has 0 unspecified atom stereocenters.